The molecular formula is C18H11FN2O4S. The molecule has 3 heterocycles. The molecule has 2 aromatic heterocycles. The topological polar surface area (TPSA) is 83.6 Å². The van der Waals surface area contributed by atoms with Gasteiger partial charge in [-0.15, -0.1) is 11.3 Å². The van der Waals surface area contributed by atoms with Crippen molar-refractivity contribution < 1.29 is 23.5 Å². The number of hydrogen-bond donors (Lipinski definition) is 1. The van der Waals surface area contributed by atoms with Crippen LogP contribution in [0.1, 0.15) is 22.2 Å². The van der Waals surface area contributed by atoms with E-state index < -0.39 is 29.3 Å². The lowest BCUT2D eigenvalue weighted by molar-refractivity contribution is -0.117. The number of amides is 1. The van der Waals surface area contributed by atoms with Crippen LogP contribution in [0.2, 0.25) is 0 Å². The number of Topliss-reactive ketones (excluding diaryl/α,β-unsaturated/α-hetero) is 1. The number of halogens is 1. The number of nitrogens with zero attached hydrogens (tertiary/aromatic N) is 2. The van der Waals surface area contributed by atoms with Crippen molar-refractivity contribution in [2.24, 2.45) is 0 Å². The van der Waals surface area contributed by atoms with Crippen molar-refractivity contribution in [2.75, 3.05) is 4.90 Å². The Hall–Kier alpha value is -3.26. The fourth-order valence-electron chi connectivity index (χ4n) is 2.87. The highest BCUT2D eigenvalue weighted by Crippen LogP contribution is 2.42. The van der Waals surface area contributed by atoms with Gasteiger partial charge in [0, 0.05) is 11.6 Å². The van der Waals surface area contributed by atoms with Gasteiger partial charge in [0.2, 0.25) is 5.78 Å². The molecule has 1 amide bonds. The molecule has 6 nitrogen and oxygen atoms in total. The van der Waals surface area contributed by atoms with E-state index in [-0.39, 0.29) is 11.3 Å². The number of hydrogen-bond acceptors (Lipinski definition) is 6. The number of benzene rings is 1. The first-order valence-electron chi connectivity index (χ1n) is 7.58. The van der Waals surface area contributed by atoms with Gasteiger partial charge < -0.3 is 9.52 Å². The van der Waals surface area contributed by atoms with Crippen LogP contribution < -0.4 is 4.90 Å². The molecule has 8 heteroatoms. The third kappa shape index (κ3) is 2.51. The summed E-state index contributed by atoms with van der Waals surface area (Å²) in [5.74, 6) is -2.49. The Kier molecular flexibility index (Phi) is 3.89. The second-order valence-electron chi connectivity index (χ2n) is 5.51. The first-order chi connectivity index (χ1) is 12.6. The molecule has 1 unspecified atom stereocenters. The van der Waals surface area contributed by atoms with E-state index in [9.17, 15) is 19.1 Å². The predicted octanol–water partition coefficient (Wildman–Crippen LogP) is 3.66. The molecule has 1 N–H and O–H groups in total. The van der Waals surface area contributed by atoms with E-state index in [4.69, 9.17) is 4.42 Å². The van der Waals surface area contributed by atoms with Crippen molar-refractivity contribution in [2.45, 2.75) is 6.04 Å². The van der Waals surface area contributed by atoms with Gasteiger partial charge in [0.15, 0.2) is 16.7 Å². The summed E-state index contributed by atoms with van der Waals surface area (Å²) in [6, 6.07) is 7.42. The highest BCUT2D eigenvalue weighted by Gasteiger charge is 2.46. The zero-order valence-corrected chi connectivity index (χ0v) is 13.9. The summed E-state index contributed by atoms with van der Waals surface area (Å²) in [6.07, 6.45) is 2.84. The number of carbonyl (C=O) groups is 2. The Bertz CT molecular complexity index is 995. The zero-order valence-electron chi connectivity index (χ0n) is 13.1. The number of anilines is 1. The van der Waals surface area contributed by atoms with Crippen molar-refractivity contribution in [1.29, 1.82) is 0 Å². The van der Waals surface area contributed by atoms with E-state index in [1.54, 1.807) is 5.38 Å². The molecule has 0 fully saturated rings. The molecule has 1 aromatic carbocycles. The number of aromatic nitrogens is 1. The molecule has 1 aliphatic heterocycles. The molecule has 1 atom stereocenters. The molecule has 0 saturated heterocycles. The molecule has 0 spiro atoms. The van der Waals surface area contributed by atoms with E-state index >= 15 is 0 Å². The minimum Gasteiger partial charge on any atom is -0.503 e. The zero-order chi connectivity index (χ0) is 18.3. The van der Waals surface area contributed by atoms with Crippen LogP contribution in [0.5, 0.6) is 0 Å². The van der Waals surface area contributed by atoms with Gasteiger partial charge in [0.25, 0.3) is 5.91 Å². The number of aliphatic hydroxyl groups is 1. The first-order valence-corrected chi connectivity index (χ1v) is 8.45. The maximum absolute atomic E-state index is 13.3. The number of ketones is 1. The highest BCUT2D eigenvalue weighted by atomic mass is 32.1. The van der Waals surface area contributed by atoms with E-state index in [0.29, 0.717) is 10.7 Å². The number of rotatable bonds is 4. The Morgan fingerprint density at radius 3 is 2.65 bits per heavy atom. The van der Waals surface area contributed by atoms with Crippen LogP contribution in [0.25, 0.3) is 0 Å². The third-order valence-electron chi connectivity index (χ3n) is 4.01. The van der Waals surface area contributed by atoms with Gasteiger partial charge >= 0.3 is 0 Å². The molecule has 1 aliphatic rings. The van der Waals surface area contributed by atoms with Gasteiger partial charge in [-0.2, -0.15) is 0 Å². The summed E-state index contributed by atoms with van der Waals surface area (Å²) in [6.45, 7) is 0. The largest absolute Gasteiger partial charge is 0.503 e. The molecule has 4 rings (SSSR count). The molecule has 3 aromatic rings. The van der Waals surface area contributed by atoms with E-state index in [2.05, 4.69) is 4.98 Å². The van der Waals surface area contributed by atoms with Crippen LogP contribution in [-0.2, 0) is 4.79 Å². The van der Waals surface area contributed by atoms with Crippen molar-refractivity contribution in [1.82, 2.24) is 4.98 Å². The molecule has 0 aliphatic carbocycles. The molecular weight excluding hydrogens is 359 g/mol. The number of furan rings is 1. The van der Waals surface area contributed by atoms with Gasteiger partial charge in [-0.1, -0.05) is 12.1 Å². The van der Waals surface area contributed by atoms with Crippen LogP contribution in [0, 0.1) is 5.82 Å². The summed E-state index contributed by atoms with van der Waals surface area (Å²) in [5, 5.41) is 12.4. The van der Waals surface area contributed by atoms with E-state index in [1.807, 2.05) is 0 Å². The van der Waals surface area contributed by atoms with Crippen LogP contribution in [0.4, 0.5) is 9.52 Å². The lowest BCUT2D eigenvalue weighted by Gasteiger charge is -2.24. The molecule has 0 bridgehead atoms. The average Bonchev–Trinajstić information content (AvgIpc) is 3.38. The van der Waals surface area contributed by atoms with E-state index in [1.165, 1.54) is 65.1 Å². The van der Waals surface area contributed by atoms with Gasteiger partial charge in [-0.05, 0) is 29.8 Å². The highest BCUT2D eigenvalue weighted by molar-refractivity contribution is 7.13. The van der Waals surface area contributed by atoms with E-state index in [0.717, 1.165) is 0 Å². The monoisotopic (exact) mass is 370 g/mol. The Labute approximate surface area is 150 Å². The number of thiazole rings is 1. The maximum Gasteiger partial charge on any atom is 0.296 e. The van der Waals surface area contributed by atoms with Crippen molar-refractivity contribution in [3.05, 3.63) is 82.7 Å². The average molecular weight is 370 g/mol. The standard InChI is InChI=1S/C18H11FN2O4S/c19-11-5-3-10(4-6-11)14-13(15(22)12-2-1-8-25-12)16(23)17(24)21(14)18-20-7-9-26-18/h1-9,14,23H. The molecule has 0 saturated carbocycles. The second-order valence-corrected chi connectivity index (χ2v) is 6.39. The minimum absolute atomic E-state index is 0.00699. The van der Waals surface area contributed by atoms with Gasteiger partial charge in [0.05, 0.1) is 17.9 Å². The van der Waals surface area contributed by atoms with Crippen LogP contribution >= 0.6 is 11.3 Å². The molecule has 0 radical (unpaired) electrons. The summed E-state index contributed by atoms with van der Waals surface area (Å²) in [5.41, 5.74) is 0.334. The molecule has 130 valence electrons. The SMILES string of the molecule is O=C(C1=C(O)C(=O)N(c2nccs2)C1c1ccc(F)cc1)c1ccco1. The summed E-state index contributed by atoms with van der Waals surface area (Å²) in [7, 11) is 0. The van der Waals surface area contributed by atoms with Gasteiger partial charge in [-0.3, -0.25) is 14.5 Å². The Morgan fingerprint density at radius 2 is 2.04 bits per heavy atom. The Morgan fingerprint density at radius 1 is 1.27 bits per heavy atom. The second kappa shape index (κ2) is 6.23. The van der Waals surface area contributed by atoms with Crippen LogP contribution in [0.3, 0.4) is 0 Å². The molecule has 26 heavy (non-hydrogen) atoms. The summed E-state index contributed by atoms with van der Waals surface area (Å²) >= 11 is 1.19. The van der Waals surface area contributed by atoms with Crippen molar-refractivity contribution in [3.63, 3.8) is 0 Å². The van der Waals surface area contributed by atoms with Crippen molar-refractivity contribution in [3.8, 4) is 0 Å². The lowest BCUT2D eigenvalue weighted by Crippen LogP contribution is -2.30. The van der Waals surface area contributed by atoms with Crippen LogP contribution in [-0.4, -0.2) is 21.8 Å². The maximum atomic E-state index is 13.3. The normalized spacial score (nSPS) is 17.2. The lowest BCUT2D eigenvalue weighted by atomic mass is 9.95. The fraction of sp³-hybridized carbons (Fsp3) is 0.0556. The summed E-state index contributed by atoms with van der Waals surface area (Å²) < 4.78 is 18.5. The minimum atomic E-state index is -0.938. The predicted molar refractivity (Wildman–Crippen MR) is 91.4 cm³/mol. The first kappa shape index (κ1) is 16.2. The van der Waals surface area contributed by atoms with Gasteiger partial charge in [-0.25, -0.2) is 9.37 Å². The van der Waals surface area contributed by atoms with Crippen molar-refractivity contribution >= 4 is 28.2 Å². The quantitative estimate of drug-likeness (QED) is 0.709. The smallest absolute Gasteiger partial charge is 0.296 e. The van der Waals surface area contributed by atoms with Crippen LogP contribution in [0.15, 0.2) is 70.0 Å². The fourth-order valence-corrected chi connectivity index (χ4v) is 3.54. The number of carbonyl (C=O) groups excluding carboxylic acids is 2. The third-order valence-corrected chi connectivity index (χ3v) is 4.78. The van der Waals surface area contributed by atoms with Gasteiger partial charge in [0.1, 0.15) is 5.82 Å². The Balaban J connectivity index is 1.88. The number of aliphatic hydroxyl groups excluding tert-OH is 1. The summed E-state index contributed by atoms with van der Waals surface area (Å²) in [4.78, 5) is 30.9.